The molecule has 0 aliphatic carbocycles. The summed E-state index contributed by atoms with van der Waals surface area (Å²) in [6, 6.07) is 75.3. The lowest BCUT2D eigenvalue weighted by atomic mass is 9.95. The van der Waals surface area contributed by atoms with Crippen LogP contribution in [-0.2, 0) is 0 Å². The Morgan fingerprint density at radius 1 is 0.190 bits per heavy atom. The zero-order valence-electron chi connectivity index (χ0n) is 43.6. The van der Waals surface area contributed by atoms with Crippen molar-refractivity contribution in [2.24, 2.45) is 0 Å². The summed E-state index contributed by atoms with van der Waals surface area (Å²) >= 11 is 0. The number of nitrogens with zero attached hydrogens (tertiary/aromatic N) is 13. The molecule has 0 fully saturated rings. The van der Waals surface area contributed by atoms with E-state index in [2.05, 4.69) is 66.8 Å². The fraction of sp³-hybridized carbons (Fsp3) is 0. The Morgan fingerprint density at radius 2 is 0.381 bits per heavy atom. The molecule has 0 spiro atoms. The van der Waals surface area contributed by atoms with Gasteiger partial charge in [0.2, 0.25) is 0 Å². The summed E-state index contributed by atoms with van der Waals surface area (Å²) in [6.07, 6.45) is 0. The molecule has 0 saturated heterocycles. The van der Waals surface area contributed by atoms with Crippen LogP contribution in [-0.4, -0.2) is 9.13 Å². The van der Waals surface area contributed by atoms with Crippen LogP contribution in [0.1, 0.15) is 61.2 Å². The van der Waals surface area contributed by atoms with Crippen LogP contribution in [0.2, 0.25) is 0 Å². The maximum atomic E-state index is 11.2. The SMILES string of the molecule is N#Cc1cc(C#N)cc(-c2ccc3c(c2)c2cc(-c4cc(C#N)cc(C#N)c4)ccc2n3-c2cc(C#N)cc(-n3c4ccc(-c5cc(C#N)cc(C#N)c5)cc4c4cc(-c5cc(C#N)cc(C#N)c5)ccc43)c2-c2cc(C#N)cc(C#N)c2)c1. The van der Waals surface area contributed by atoms with Gasteiger partial charge in [0.05, 0.1) is 161 Å². The Morgan fingerprint density at radius 3 is 0.583 bits per heavy atom. The predicted molar refractivity (Wildman–Crippen MR) is 314 cm³/mol. The molecule has 2 aromatic heterocycles. The Hall–Kier alpha value is -13.8. The molecule has 0 unspecified atom stereocenters. The largest absolute Gasteiger partial charge is 0.308 e. The van der Waals surface area contributed by atoms with Gasteiger partial charge >= 0.3 is 0 Å². The van der Waals surface area contributed by atoms with Crippen LogP contribution in [0.25, 0.3) is 111 Å². The van der Waals surface area contributed by atoms with Gasteiger partial charge in [-0.05, 0) is 202 Å². The van der Waals surface area contributed by atoms with Gasteiger partial charge in [-0.1, -0.05) is 24.3 Å². The third-order valence-corrected chi connectivity index (χ3v) is 14.8. The van der Waals surface area contributed by atoms with Gasteiger partial charge in [0.1, 0.15) is 0 Å². The van der Waals surface area contributed by atoms with Gasteiger partial charge in [0.25, 0.3) is 0 Å². The average Bonchev–Trinajstić information content (AvgIpc) is 1.77. The second-order valence-electron chi connectivity index (χ2n) is 19.7. The molecule has 84 heavy (non-hydrogen) atoms. The molecule has 12 aromatic rings. The number of hydrogen-bond donors (Lipinski definition) is 0. The first kappa shape index (κ1) is 51.0. The summed E-state index contributed by atoms with van der Waals surface area (Å²) in [6.45, 7) is 0. The van der Waals surface area contributed by atoms with Crippen LogP contribution in [0.4, 0.5) is 0 Å². The van der Waals surface area contributed by atoms with Gasteiger partial charge < -0.3 is 9.13 Å². The Kier molecular flexibility index (Phi) is 12.5. The first-order valence-electron chi connectivity index (χ1n) is 25.6. The lowest BCUT2D eigenvalue weighted by Crippen LogP contribution is -2.05. The molecule has 0 saturated carbocycles. The highest BCUT2D eigenvalue weighted by molar-refractivity contribution is 6.14. The molecule has 13 heteroatoms. The van der Waals surface area contributed by atoms with Crippen molar-refractivity contribution in [3.05, 3.63) is 237 Å². The second-order valence-corrected chi connectivity index (χ2v) is 19.7. The van der Waals surface area contributed by atoms with Crippen molar-refractivity contribution in [1.29, 1.82) is 57.9 Å². The van der Waals surface area contributed by atoms with E-state index in [0.29, 0.717) is 155 Å². The first-order valence-corrected chi connectivity index (χ1v) is 25.6. The van der Waals surface area contributed by atoms with E-state index < -0.39 is 0 Å². The number of rotatable bonds is 7. The monoisotopic (exact) mass is 1060 g/mol. The lowest BCUT2D eigenvalue weighted by molar-refractivity contribution is 1.13. The maximum absolute atomic E-state index is 11.2. The summed E-state index contributed by atoms with van der Waals surface area (Å²) < 4.78 is 4.02. The maximum Gasteiger partial charge on any atom is 0.0993 e. The summed E-state index contributed by atoms with van der Waals surface area (Å²) in [7, 11) is 0. The third-order valence-electron chi connectivity index (χ3n) is 14.8. The standard InChI is InChI=1S/C71H29N13/c72-30-41-9-42(31-73)15-56(14-41)52-1-5-65-61(26-52)62-27-53(57-16-43(32-74)10-44(17-57)33-75)2-6-66(62)83(65)69-24-51(40-82)25-70(71(69)60-22-49(38-80)13-50(23-60)39-81)84-67-7-3-54(58-18-45(34-76)11-46(19-58)35-77)28-63(67)64-29-55(4-8-68(64)84)59-20-47(36-78)12-48(21-59)37-79/h1-29H. The molecule has 0 radical (unpaired) electrons. The predicted octanol–water partition coefficient (Wildman–Crippen LogP) is 14.8. The van der Waals surface area contributed by atoms with Crippen molar-refractivity contribution in [3.63, 3.8) is 0 Å². The van der Waals surface area contributed by atoms with Crippen LogP contribution >= 0.6 is 0 Å². The minimum absolute atomic E-state index is 0.193. The molecule has 0 atom stereocenters. The van der Waals surface area contributed by atoms with Gasteiger partial charge in [0, 0.05) is 27.1 Å². The number of nitriles is 11. The van der Waals surface area contributed by atoms with Gasteiger partial charge in [0.15, 0.2) is 0 Å². The van der Waals surface area contributed by atoms with E-state index in [-0.39, 0.29) is 16.7 Å². The van der Waals surface area contributed by atoms with Crippen molar-refractivity contribution in [2.45, 2.75) is 0 Å². The minimum atomic E-state index is 0.193. The summed E-state index contributed by atoms with van der Waals surface area (Å²) in [5.41, 5.74) is 12.6. The molecule has 0 aliphatic heterocycles. The molecule has 2 heterocycles. The van der Waals surface area contributed by atoms with E-state index >= 15 is 0 Å². The van der Waals surface area contributed by atoms with Crippen LogP contribution < -0.4 is 0 Å². The molecule has 0 aliphatic rings. The van der Waals surface area contributed by atoms with Crippen LogP contribution in [0.3, 0.4) is 0 Å². The highest BCUT2D eigenvalue weighted by Crippen LogP contribution is 2.46. The van der Waals surface area contributed by atoms with Gasteiger partial charge in [-0.3, -0.25) is 0 Å². The molecule has 378 valence electrons. The van der Waals surface area contributed by atoms with E-state index in [9.17, 15) is 57.9 Å². The Balaban J connectivity index is 1.23. The number of aromatic nitrogens is 2. The molecule has 0 bridgehead atoms. The summed E-state index contributed by atoms with van der Waals surface area (Å²) in [5, 5.41) is 115. The second kappa shape index (κ2) is 20.5. The fourth-order valence-corrected chi connectivity index (χ4v) is 11.2. The number of fused-ring (bicyclic) bond motifs is 6. The molecular formula is C71H29N13. The molecule has 0 amide bonds. The molecule has 10 aromatic carbocycles. The van der Waals surface area contributed by atoms with Crippen molar-refractivity contribution in [1.82, 2.24) is 9.13 Å². The van der Waals surface area contributed by atoms with Crippen LogP contribution in [0.15, 0.2) is 176 Å². The Labute approximate surface area is 479 Å². The summed E-state index contributed by atoms with van der Waals surface area (Å²) in [4.78, 5) is 0. The van der Waals surface area contributed by atoms with E-state index in [0.717, 1.165) is 0 Å². The average molecular weight is 1060 g/mol. The fourth-order valence-electron chi connectivity index (χ4n) is 11.2. The third kappa shape index (κ3) is 8.69. The van der Waals surface area contributed by atoms with Crippen molar-refractivity contribution >= 4 is 43.6 Å². The number of hydrogen-bond acceptors (Lipinski definition) is 11. The smallest absolute Gasteiger partial charge is 0.0993 e. The summed E-state index contributed by atoms with van der Waals surface area (Å²) in [5.74, 6) is 0. The van der Waals surface area contributed by atoms with Crippen molar-refractivity contribution < 1.29 is 0 Å². The zero-order valence-corrected chi connectivity index (χ0v) is 43.6. The quantitative estimate of drug-likeness (QED) is 0.145. The topological polar surface area (TPSA) is 272 Å². The van der Waals surface area contributed by atoms with Crippen molar-refractivity contribution in [3.8, 4) is 134 Å². The van der Waals surface area contributed by atoms with E-state index in [4.69, 9.17) is 0 Å². The molecule has 13 nitrogen and oxygen atoms in total. The van der Waals surface area contributed by atoms with Crippen molar-refractivity contribution in [2.75, 3.05) is 0 Å². The van der Waals surface area contributed by atoms with Gasteiger partial charge in [-0.25, -0.2) is 0 Å². The van der Waals surface area contributed by atoms with E-state index in [1.807, 2.05) is 81.9 Å². The first-order chi connectivity index (χ1) is 41.0. The van der Waals surface area contributed by atoms with E-state index in [1.165, 1.54) is 30.3 Å². The zero-order chi connectivity index (χ0) is 58.3. The lowest BCUT2D eigenvalue weighted by Gasteiger charge is -2.21. The Bertz CT molecular complexity index is 4760. The number of benzene rings is 10. The molecular weight excluding hydrogens is 1030 g/mol. The molecule has 12 rings (SSSR count). The van der Waals surface area contributed by atoms with Gasteiger partial charge in [-0.2, -0.15) is 57.9 Å². The minimum Gasteiger partial charge on any atom is -0.308 e. The molecule has 0 N–H and O–H groups in total. The van der Waals surface area contributed by atoms with Crippen LogP contribution in [0, 0.1) is 125 Å². The highest BCUT2D eigenvalue weighted by atomic mass is 15.0. The normalized spacial score (nSPS) is 10.5. The highest BCUT2D eigenvalue weighted by Gasteiger charge is 2.26. The van der Waals surface area contributed by atoms with Crippen LogP contribution in [0.5, 0.6) is 0 Å². The van der Waals surface area contributed by atoms with Gasteiger partial charge in [-0.15, -0.1) is 0 Å². The van der Waals surface area contributed by atoms with E-state index in [1.54, 1.807) is 72.8 Å².